The van der Waals surface area contributed by atoms with Crippen LogP contribution in [0.25, 0.3) is 22.2 Å². The Kier molecular flexibility index (Phi) is 5.64. The maximum atomic E-state index is 13.1. The lowest BCUT2D eigenvalue weighted by atomic mass is 10.00. The molecule has 1 saturated heterocycles. The summed E-state index contributed by atoms with van der Waals surface area (Å²) in [5.74, 6) is 6.46. The van der Waals surface area contributed by atoms with E-state index in [1.807, 2.05) is 47.4 Å². The van der Waals surface area contributed by atoms with Gasteiger partial charge in [0.25, 0.3) is 5.91 Å². The Hall–Kier alpha value is -3.95. The van der Waals surface area contributed by atoms with Crippen LogP contribution in [0.4, 0.5) is 0 Å². The van der Waals surface area contributed by atoms with Gasteiger partial charge in [-0.25, -0.2) is 4.98 Å². The van der Waals surface area contributed by atoms with E-state index < -0.39 is 0 Å². The van der Waals surface area contributed by atoms with E-state index in [0.717, 1.165) is 41.6 Å². The molecular weight excluding hydrogens is 410 g/mol. The molecule has 1 aliphatic rings. The van der Waals surface area contributed by atoms with Crippen LogP contribution in [0.15, 0.2) is 66.9 Å². The molecular formula is C27H25N5O. The van der Waals surface area contributed by atoms with Gasteiger partial charge in [0, 0.05) is 30.9 Å². The summed E-state index contributed by atoms with van der Waals surface area (Å²) in [5.41, 5.74) is 4.89. The van der Waals surface area contributed by atoms with E-state index in [1.54, 1.807) is 6.20 Å². The van der Waals surface area contributed by atoms with E-state index in [4.69, 9.17) is 0 Å². The molecule has 6 heteroatoms. The molecule has 1 fully saturated rings. The van der Waals surface area contributed by atoms with Gasteiger partial charge in [-0.3, -0.25) is 9.89 Å². The van der Waals surface area contributed by atoms with Gasteiger partial charge in [0.05, 0.1) is 10.9 Å². The molecule has 0 radical (unpaired) electrons. The molecule has 1 atom stereocenters. The van der Waals surface area contributed by atoms with Gasteiger partial charge >= 0.3 is 0 Å². The van der Waals surface area contributed by atoms with Crippen LogP contribution in [-0.2, 0) is 0 Å². The van der Waals surface area contributed by atoms with Crippen molar-refractivity contribution in [1.82, 2.24) is 25.0 Å². The minimum atomic E-state index is 0.00304. The Labute approximate surface area is 193 Å². The zero-order valence-corrected chi connectivity index (χ0v) is 18.7. The lowest BCUT2D eigenvalue weighted by Crippen LogP contribution is -2.34. The summed E-state index contributed by atoms with van der Waals surface area (Å²) in [6.07, 6.45) is 2.60. The topological polar surface area (TPSA) is 65.1 Å². The molecule has 0 saturated carbocycles. The van der Waals surface area contributed by atoms with Crippen molar-refractivity contribution in [2.75, 3.05) is 27.2 Å². The molecule has 0 spiro atoms. The van der Waals surface area contributed by atoms with Crippen molar-refractivity contribution in [3.63, 3.8) is 0 Å². The largest absolute Gasteiger partial charge is 0.337 e. The van der Waals surface area contributed by atoms with Crippen molar-refractivity contribution < 1.29 is 4.79 Å². The highest BCUT2D eigenvalue weighted by Crippen LogP contribution is 2.23. The maximum Gasteiger partial charge on any atom is 0.255 e. The number of hydrogen-bond donors (Lipinski definition) is 1. The summed E-state index contributed by atoms with van der Waals surface area (Å²) in [6, 6.07) is 20.5. The zero-order valence-electron chi connectivity index (χ0n) is 18.7. The Balaban J connectivity index is 1.45. The van der Waals surface area contributed by atoms with E-state index in [0.29, 0.717) is 22.9 Å². The van der Waals surface area contributed by atoms with E-state index in [9.17, 15) is 4.79 Å². The number of carbonyl (C=O) groups excluding carboxylic acids is 1. The minimum Gasteiger partial charge on any atom is -0.337 e. The second kappa shape index (κ2) is 8.89. The summed E-state index contributed by atoms with van der Waals surface area (Å²) in [5, 5.41) is 8.04. The summed E-state index contributed by atoms with van der Waals surface area (Å²) in [6.45, 7) is 1.49. The highest BCUT2D eigenvalue weighted by Gasteiger charge is 2.28. The number of hydrogen-bond acceptors (Lipinski definition) is 4. The molecule has 0 aliphatic carbocycles. The maximum absolute atomic E-state index is 13.1. The number of carbonyl (C=O) groups is 1. The fourth-order valence-corrected chi connectivity index (χ4v) is 4.23. The molecule has 2 aromatic carbocycles. The number of pyridine rings is 1. The number of rotatable bonds is 3. The second-order valence-corrected chi connectivity index (χ2v) is 8.51. The molecule has 1 aliphatic heterocycles. The van der Waals surface area contributed by atoms with Crippen molar-refractivity contribution in [3.8, 4) is 23.0 Å². The fourth-order valence-electron chi connectivity index (χ4n) is 4.23. The van der Waals surface area contributed by atoms with E-state index in [1.165, 1.54) is 0 Å². The van der Waals surface area contributed by atoms with Crippen LogP contribution in [0.1, 0.15) is 28.0 Å². The van der Waals surface area contributed by atoms with Crippen LogP contribution in [0.5, 0.6) is 0 Å². The smallest absolute Gasteiger partial charge is 0.255 e. The standard InChI is InChI=1S/C27H25N5O/c1-31(2)22-14-15-32(18-22)27(33)21-16-24-25(29-30-26(24)28-17-21)13-12-20-10-6-7-11-23(20)19-8-4-3-5-9-19/h3-11,16-17,22H,14-15,18H2,1-2H3,(H,28,29,30)/t22-/m0/s1. The number of fused-ring (bicyclic) bond motifs is 1. The van der Waals surface area contributed by atoms with Crippen molar-refractivity contribution in [1.29, 1.82) is 0 Å². The number of aromatic amines is 1. The number of aromatic nitrogens is 3. The summed E-state index contributed by atoms with van der Waals surface area (Å²) in [4.78, 5) is 21.6. The highest BCUT2D eigenvalue weighted by atomic mass is 16.2. The molecule has 2 aromatic heterocycles. The average molecular weight is 436 g/mol. The van der Waals surface area contributed by atoms with E-state index in [-0.39, 0.29) is 5.91 Å². The first kappa shape index (κ1) is 20.9. The SMILES string of the molecule is CN(C)[C@H]1CCN(C(=O)c2cnc3[nH]nc(C#Cc4ccccc4-c4ccccc4)c3c2)C1. The quantitative estimate of drug-likeness (QED) is 0.497. The normalized spacial score (nSPS) is 15.6. The molecule has 5 rings (SSSR count). The molecule has 1 N–H and O–H groups in total. The third-order valence-electron chi connectivity index (χ3n) is 6.17. The molecule has 6 nitrogen and oxygen atoms in total. The molecule has 1 amide bonds. The summed E-state index contributed by atoms with van der Waals surface area (Å²) in [7, 11) is 4.11. The first-order chi connectivity index (χ1) is 16.1. The van der Waals surface area contributed by atoms with Gasteiger partial charge in [0.15, 0.2) is 5.65 Å². The average Bonchev–Trinajstić information content (AvgIpc) is 3.50. The van der Waals surface area contributed by atoms with Crippen LogP contribution < -0.4 is 0 Å². The van der Waals surface area contributed by atoms with Gasteiger partial charge in [0.2, 0.25) is 0 Å². The molecule has 164 valence electrons. The monoisotopic (exact) mass is 435 g/mol. The molecule has 0 unspecified atom stereocenters. The molecule has 0 bridgehead atoms. The zero-order chi connectivity index (χ0) is 22.8. The lowest BCUT2D eigenvalue weighted by molar-refractivity contribution is 0.0783. The van der Waals surface area contributed by atoms with Crippen molar-refractivity contribution in [2.24, 2.45) is 0 Å². The predicted octanol–water partition coefficient (Wildman–Crippen LogP) is 3.80. The first-order valence-corrected chi connectivity index (χ1v) is 11.1. The molecule has 33 heavy (non-hydrogen) atoms. The number of amides is 1. The number of benzene rings is 2. The van der Waals surface area contributed by atoms with Gasteiger partial charge in [-0.1, -0.05) is 54.5 Å². The van der Waals surface area contributed by atoms with Gasteiger partial charge in [-0.2, -0.15) is 5.10 Å². The minimum absolute atomic E-state index is 0.00304. The van der Waals surface area contributed by atoms with E-state index in [2.05, 4.69) is 64.2 Å². The lowest BCUT2D eigenvalue weighted by Gasteiger charge is -2.20. The van der Waals surface area contributed by atoms with Crippen molar-refractivity contribution >= 4 is 16.9 Å². The Morgan fingerprint density at radius 2 is 1.88 bits per heavy atom. The number of likely N-dealkylation sites (tertiary alicyclic amines) is 1. The Morgan fingerprint density at radius 1 is 1.09 bits per heavy atom. The van der Waals surface area contributed by atoms with Gasteiger partial charge in [-0.15, -0.1) is 0 Å². The van der Waals surface area contributed by atoms with Crippen LogP contribution in [0, 0.1) is 11.8 Å². The number of H-pyrrole nitrogens is 1. The third-order valence-corrected chi connectivity index (χ3v) is 6.17. The van der Waals surface area contributed by atoms with Crippen LogP contribution in [0.2, 0.25) is 0 Å². The Morgan fingerprint density at radius 3 is 2.67 bits per heavy atom. The van der Waals surface area contributed by atoms with Crippen LogP contribution in [-0.4, -0.2) is 64.1 Å². The number of nitrogens with zero attached hydrogens (tertiary/aromatic N) is 4. The first-order valence-electron chi connectivity index (χ1n) is 11.1. The molecule has 3 heterocycles. The van der Waals surface area contributed by atoms with Crippen molar-refractivity contribution in [2.45, 2.75) is 12.5 Å². The Bertz CT molecular complexity index is 1360. The fraction of sp³-hybridized carbons (Fsp3) is 0.222. The van der Waals surface area contributed by atoms with Crippen LogP contribution >= 0.6 is 0 Å². The molecule has 4 aromatic rings. The summed E-state index contributed by atoms with van der Waals surface area (Å²) < 4.78 is 0. The van der Waals surface area contributed by atoms with Crippen LogP contribution in [0.3, 0.4) is 0 Å². The van der Waals surface area contributed by atoms with Gasteiger partial charge in [0.1, 0.15) is 5.69 Å². The predicted molar refractivity (Wildman–Crippen MR) is 130 cm³/mol. The number of nitrogens with one attached hydrogen (secondary N) is 1. The number of likely N-dealkylation sites (N-methyl/N-ethyl adjacent to an activating group) is 1. The van der Waals surface area contributed by atoms with Gasteiger partial charge < -0.3 is 9.80 Å². The second-order valence-electron chi connectivity index (χ2n) is 8.51. The highest BCUT2D eigenvalue weighted by molar-refractivity contribution is 5.98. The summed E-state index contributed by atoms with van der Waals surface area (Å²) >= 11 is 0. The van der Waals surface area contributed by atoms with Gasteiger partial charge in [-0.05, 0) is 49.7 Å². The van der Waals surface area contributed by atoms with Crippen molar-refractivity contribution in [3.05, 3.63) is 83.7 Å². The third kappa shape index (κ3) is 4.23. The van der Waals surface area contributed by atoms with E-state index >= 15 is 0 Å².